The first-order chi connectivity index (χ1) is 11.7. The van der Waals surface area contributed by atoms with Gasteiger partial charge in [0.25, 0.3) is 0 Å². The van der Waals surface area contributed by atoms with Crippen LogP contribution in [0.5, 0.6) is 0 Å². The Kier molecular flexibility index (Phi) is 14.1. The standard InChI is InChI=1S/C16H28O4S4/c17-5-7-21-9-13(19)11-23-15-1-2-16(4-3-15)24-12-14(20)10-22-8-6-18/h1-3,13-14,16-20H,4-12H2/t13-,14?,16?/m0/s1. The van der Waals surface area contributed by atoms with Crippen molar-refractivity contribution in [3.8, 4) is 0 Å². The Bertz CT molecular complexity index is 379. The molecular weight excluding hydrogens is 384 g/mol. The first-order valence-electron chi connectivity index (χ1n) is 8.01. The first kappa shape index (κ1) is 22.8. The molecule has 0 aromatic rings. The molecule has 0 saturated carbocycles. The van der Waals surface area contributed by atoms with Gasteiger partial charge in [0.15, 0.2) is 0 Å². The largest absolute Gasteiger partial charge is 0.396 e. The Labute approximate surface area is 161 Å². The highest BCUT2D eigenvalue weighted by molar-refractivity contribution is 8.03. The van der Waals surface area contributed by atoms with Crippen molar-refractivity contribution in [2.75, 3.05) is 47.7 Å². The van der Waals surface area contributed by atoms with E-state index in [4.69, 9.17) is 10.2 Å². The van der Waals surface area contributed by atoms with Gasteiger partial charge in [-0.25, -0.2) is 0 Å². The highest BCUT2D eigenvalue weighted by atomic mass is 32.2. The van der Waals surface area contributed by atoms with Gasteiger partial charge < -0.3 is 20.4 Å². The average Bonchev–Trinajstić information content (AvgIpc) is 2.59. The van der Waals surface area contributed by atoms with E-state index in [-0.39, 0.29) is 25.4 Å². The molecule has 0 amide bonds. The number of thioether (sulfide) groups is 4. The predicted octanol–water partition coefficient (Wildman–Crippen LogP) is 1.84. The molecule has 3 atom stereocenters. The van der Waals surface area contributed by atoms with E-state index in [1.807, 2.05) is 0 Å². The fraction of sp³-hybridized carbons (Fsp3) is 0.750. The van der Waals surface area contributed by atoms with Crippen molar-refractivity contribution in [3.05, 3.63) is 23.1 Å². The van der Waals surface area contributed by atoms with Crippen molar-refractivity contribution in [3.63, 3.8) is 0 Å². The predicted molar refractivity (Wildman–Crippen MR) is 111 cm³/mol. The summed E-state index contributed by atoms with van der Waals surface area (Å²) in [6.45, 7) is 0.322. The molecule has 24 heavy (non-hydrogen) atoms. The monoisotopic (exact) mass is 412 g/mol. The molecule has 8 heteroatoms. The van der Waals surface area contributed by atoms with Gasteiger partial charge >= 0.3 is 0 Å². The van der Waals surface area contributed by atoms with Crippen LogP contribution in [0.3, 0.4) is 0 Å². The number of aliphatic hydroxyl groups is 4. The minimum absolute atomic E-state index is 0.159. The molecule has 140 valence electrons. The Morgan fingerprint density at radius 1 is 0.958 bits per heavy atom. The minimum atomic E-state index is -0.348. The van der Waals surface area contributed by atoms with Crippen LogP contribution in [0, 0.1) is 0 Å². The van der Waals surface area contributed by atoms with Gasteiger partial charge in [-0.05, 0) is 6.42 Å². The summed E-state index contributed by atoms with van der Waals surface area (Å²) in [6, 6.07) is 0. The molecule has 0 aromatic heterocycles. The maximum atomic E-state index is 9.88. The molecule has 0 saturated heterocycles. The third-order valence-electron chi connectivity index (χ3n) is 3.06. The van der Waals surface area contributed by atoms with E-state index in [0.717, 1.165) is 6.42 Å². The highest BCUT2D eigenvalue weighted by Crippen LogP contribution is 2.29. The molecule has 0 radical (unpaired) electrons. The van der Waals surface area contributed by atoms with Gasteiger partial charge in [-0.15, -0.1) is 11.8 Å². The zero-order valence-electron chi connectivity index (χ0n) is 13.7. The van der Waals surface area contributed by atoms with E-state index in [2.05, 4.69) is 18.2 Å². The summed E-state index contributed by atoms with van der Waals surface area (Å²) in [7, 11) is 0. The smallest absolute Gasteiger partial charge is 0.0724 e. The Morgan fingerprint density at radius 2 is 1.58 bits per heavy atom. The third kappa shape index (κ3) is 11.4. The number of hydrogen-bond donors (Lipinski definition) is 4. The molecule has 0 spiro atoms. The van der Waals surface area contributed by atoms with Gasteiger partial charge in [0.05, 0.1) is 25.4 Å². The van der Waals surface area contributed by atoms with Crippen LogP contribution in [0.4, 0.5) is 0 Å². The van der Waals surface area contributed by atoms with Gasteiger partial charge in [0, 0.05) is 44.7 Å². The van der Waals surface area contributed by atoms with Gasteiger partial charge in [0.1, 0.15) is 0 Å². The second-order valence-corrected chi connectivity index (χ2v) is 9.95. The lowest BCUT2D eigenvalue weighted by Gasteiger charge is -2.18. The lowest BCUT2D eigenvalue weighted by molar-refractivity contribution is 0.224. The lowest BCUT2D eigenvalue weighted by atomic mass is 10.2. The lowest BCUT2D eigenvalue weighted by Crippen LogP contribution is -2.16. The van der Waals surface area contributed by atoms with Crippen LogP contribution in [-0.4, -0.2) is 85.6 Å². The molecule has 1 aliphatic carbocycles. The summed E-state index contributed by atoms with van der Waals surface area (Å²) in [4.78, 5) is 1.19. The van der Waals surface area contributed by atoms with Crippen LogP contribution in [0.1, 0.15) is 6.42 Å². The number of aliphatic hydroxyl groups excluding tert-OH is 4. The quantitative estimate of drug-likeness (QED) is 0.322. The summed E-state index contributed by atoms with van der Waals surface area (Å²) in [5.74, 6) is 4.08. The summed E-state index contributed by atoms with van der Waals surface area (Å²) in [5, 5.41) is 37.6. The van der Waals surface area contributed by atoms with E-state index in [0.29, 0.717) is 39.8 Å². The molecule has 4 N–H and O–H groups in total. The van der Waals surface area contributed by atoms with Gasteiger partial charge in [0.2, 0.25) is 0 Å². The van der Waals surface area contributed by atoms with Gasteiger partial charge in [-0.1, -0.05) is 18.2 Å². The van der Waals surface area contributed by atoms with Crippen molar-refractivity contribution >= 4 is 47.0 Å². The maximum Gasteiger partial charge on any atom is 0.0724 e. The van der Waals surface area contributed by atoms with E-state index in [9.17, 15) is 10.2 Å². The Morgan fingerprint density at radius 3 is 2.12 bits per heavy atom. The van der Waals surface area contributed by atoms with Crippen LogP contribution in [0.15, 0.2) is 23.1 Å². The Hall–Kier alpha value is 0.720. The second-order valence-electron chi connectivity index (χ2n) is 5.29. The highest BCUT2D eigenvalue weighted by Gasteiger charge is 2.13. The van der Waals surface area contributed by atoms with Gasteiger partial charge in [-0.3, -0.25) is 0 Å². The zero-order valence-corrected chi connectivity index (χ0v) is 17.0. The van der Waals surface area contributed by atoms with E-state index >= 15 is 0 Å². The fourth-order valence-electron chi connectivity index (χ4n) is 1.90. The summed E-state index contributed by atoms with van der Waals surface area (Å²) in [5.41, 5.74) is 0. The van der Waals surface area contributed by atoms with Crippen LogP contribution in [-0.2, 0) is 0 Å². The van der Waals surface area contributed by atoms with Crippen LogP contribution >= 0.6 is 47.0 Å². The SMILES string of the molecule is OCCSCC(O)CSC1C=CC(SC[C@@H](O)CSCCO)=CC1. The Balaban J connectivity index is 2.12. The number of hydrogen-bond acceptors (Lipinski definition) is 8. The van der Waals surface area contributed by atoms with E-state index < -0.39 is 0 Å². The van der Waals surface area contributed by atoms with Crippen molar-refractivity contribution in [1.82, 2.24) is 0 Å². The number of rotatable bonds is 14. The van der Waals surface area contributed by atoms with Crippen LogP contribution in [0.2, 0.25) is 0 Å². The van der Waals surface area contributed by atoms with E-state index in [1.54, 1.807) is 47.0 Å². The second kappa shape index (κ2) is 14.8. The molecule has 1 aliphatic rings. The summed E-state index contributed by atoms with van der Waals surface area (Å²) in [6.07, 6.45) is 6.75. The van der Waals surface area contributed by atoms with Crippen LogP contribution in [0.25, 0.3) is 0 Å². The molecular formula is C16H28O4S4. The molecule has 0 bridgehead atoms. The normalized spacial score (nSPS) is 20.0. The first-order valence-corrected chi connectivity index (χ1v) is 12.4. The van der Waals surface area contributed by atoms with Gasteiger partial charge in [-0.2, -0.15) is 35.3 Å². The summed E-state index contributed by atoms with van der Waals surface area (Å²) < 4.78 is 0. The zero-order chi connectivity index (χ0) is 17.6. The molecule has 4 nitrogen and oxygen atoms in total. The van der Waals surface area contributed by atoms with Crippen LogP contribution < -0.4 is 0 Å². The number of allylic oxidation sites excluding steroid dienone is 2. The molecule has 0 aliphatic heterocycles. The van der Waals surface area contributed by atoms with Crippen molar-refractivity contribution in [2.45, 2.75) is 23.9 Å². The topological polar surface area (TPSA) is 80.9 Å². The minimum Gasteiger partial charge on any atom is -0.396 e. The average molecular weight is 413 g/mol. The molecule has 2 unspecified atom stereocenters. The molecule has 1 rings (SSSR count). The fourth-order valence-corrected chi connectivity index (χ4v) is 5.47. The van der Waals surface area contributed by atoms with E-state index in [1.165, 1.54) is 4.91 Å². The maximum absolute atomic E-state index is 9.88. The van der Waals surface area contributed by atoms with Crippen molar-refractivity contribution < 1.29 is 20.4 Å². The molecule has 0 aromatic carbocycles. The molecule has 0 heterocycles. The molecule has 0 fully saturated rings. The third-order valence-corrected chi connectivity index (χ3v) is 7.79. The summed E-state index contributed by atoms with van der Waals surface area (Å²) >= 11 is 6.58. The van der Waals surface area contributed by atoms with Crippen molar-refractivity contribution in [1.29, 1.82) is 0 Å². The van der Waals surface area contributed by atoms with Crippen molar-refractivity contribution in [2.24, 2.45) is 0 Å².